The minimum Gasteiger partial charge on any atom is -0.324 e. The maximum absolute atomic E-state index is 13.7. The molecule has 0 radical (unpaired) electrons. The molecule has 0 aliphatic carbocycles. The first-order valence-corrected chi connectivity index (χ1v) is 12.1. The van der Waals surface area contributed by atoms with Crippen molar-refractivity contribution in [1.29, 1.82) is 0 Å². The molecule has 37 heavy (non-hydrogen) atoms. The summed E-state index contributed by atoms with van der Waals surface area (Å²) in [6.45, 7) is 7.54. The van der Waals surface area contributed by atoms with Gasteiger partial charge in [-0.15, -0.1) is 0 Å². The number of alkyl halides is 3. The number of hydrogen-bond donors (Lipinski definition) is 2. The molecule has 5 rings (SSSR count). The van der Waals surface area contributed by atoms with Crippen molar-refractivity contribution in [2.24, 2.45) is 0 Å². The fourth-order valence-electron chi connectivity index (χ4n) is 4.50. The van der Waals surface area contributed by atoms with Gasteiger partial charge in [0.05, 0.1) is 11.4 Å². The second kappa shape index (κ2) is 8.98. The molecule has 0 amide bonds. The normalized spacial score (nSPS) is 14.3. The summed E-state index contributed by atoms with van der Waals surface area (Å²) >= 11 is 0. The van der Waals surface area contributed by atoms with Crippen LogP contribution in [0.25, 0.3) is 16.7 Å². The highest BCUT2D eigenvalue weighted by atomic mass is 19.4. The first-order valence-electron chi connectivity index (χ1n) is 12.1. The molecular formula is C26H28F3N7O. The number of fused-ring (bicyclic) bond motifs is 2. The minimum atomic E-state index is -4.50. The third-order valence-corrected chi connectivity index (χ3v) is 6.80. The van der Waals surface area contributed by atoms with Crippen LogP contribution in [-0.4, -0.2) is 37.0 Å². The maximum atomic E-state index is 13.7. The summed E-state index contributed by atoms with van der Waals surface area (Å²) in [6.07, 6.45) is -0.768. The monoisotopic (exact) mass is 511 g/mol. The number of hydrogen-bond acceptors (Lipinski definition) is 6. The highest BCUT2D eigenvalue weighted by molar-refractivity contribution is 5.77. The van der Waals surface area contributed by atoms with Gasteiger partial charge in [-0.05, 0) is 76.1 Å². The average Bonchev–Trinajstić information content (AvgIpc) is 3.15. The van der Waals surface area contributed by atoms with Gasteiger partial charge in [0.25, 0.3) is 5.56 Å². The van der Waals surface area contributed by atoms with Crippen molar-refractivity contribution in [1.82, 2.24) is 29.6 Å². The van der Waals surface area contributed by atoms with Crippen LogP contribution >= 0.6 is 0 Å². The van der Waals surface area contributed by atoms with Crippen LogP contribution in [0.15, 0.2) is 47.5 Å². The number of pyridine rings is 1. The number of rotatable bonds is 5. The number of nitrogens with one attached hydrogen (secondary N) is 2. The van der Waals surface area contributed by atoms with Crippen LogP contribution in [-0.2, 0) is 18.4 Å². The molecule has 0 atom stereocenters. The second-order valence-corrected chi connectivity index (χ2v) is 10.0. The summed E-state index contributed by atoms with van der Waals surface area (Å²) in [6, 6.07) is 8.70. The molecular weight excluding hydrogens is 483 g/mol. The molecule has 4 aromatic rings. The Bertz CT molecular complexity index is 1540. The summed E-state index contributed by atoms with van der Waals surface area (Å²) < 4.78 is 44.3. The van der Waals surface area contributed by atoms with Gasteiger partial charge in [0.1, 0.15) is 10.8 Å². The summed E-state index contributed by atoms with van der Waals surface area (Å²) in [5.74, 6) is 0.274. The van der Waals surface area contributed by atoms with E-state index in [9.17, 15) is 18.0 Å². The molecule has 194 valence electrons. The van der Waals surface area contributed by atoms with Gasteiger partial charge in [0.15, 0.2) is 5.65 Å². The Morgan fingerprint density at radius 2 is 1.86 bits per heavy atom. The standard InChI is InChI=1S/C26H28F3N7O/c1-15(2)35-23(37)20-14-32-24(33-18-6-5-16-7-9-30-13-17(16)11-18)34-22(20)36(35)19-8-10-31-21(12-19)25(3,4)26(27,28)29/h5-6,8,10-12,14-15,30H,7,9,13H2,1-4H3,(H,32,33,34). The zero-order valence-electron chi connectivity index (χ0n) is 21.0. The van der Waals surface area contributed by atoms with Gasteiger partial charge in [0.2, 0.25) is 5.95 Å². The fourth-order valence-corrected chi connectivity index (χ4v) is 4.50. The molecule has 0 saturated heterocycles. The van der Waals surface area contributed by atoms with Crippen LogP contribution in [0, 0.1) is 0 Å². The van der Waals surface area contributed by atoms with Crippen LogP contribution in [0.5, 0.6) is 0 Å². The van der Waals surface area contributed by atoms with Crippen molar-refractivity contribution in [3.8, 4) is 5.69 Å². The van der Waals surface area contributed by atoms with Gasteiger partial charge in [0, 0.05) is 30.7 Å². The van der Waals surface area contributed by atoms with Gasteiger partial charge in [-0.1, -0.05) is 6.07 Å². The van der Waals surface area contributed by atoms with Gasteiger partial charge in [-0.25, -0.2) is 14.3 Å². The van der Waals surface area contributed by atoms with Crippen molar-refractivity contribution < 1.29 is 13.2 Å². The van der Waals surface area contributed by atoms with E-state index in [-0.39, 0.29) is 34.3 Å². The quantitative estimate of drug-likeness (QED) is 0.401. The Kier molecular flexibility index (Phi) is 6.06. The Hall–Kier alpha value is -3.73. The molecule has 1 aliphatic rings. The van der Waals surface area contributed by atoms with Crippen LogP contribution < -0.4 is 16.2 Å². The molecule has 2 N–H and O–H groups in total. The third kappa shape index (κ3) is 4.37. The minimum absolute atomic E-state index is 0.155. The first-order chi connectivity index (χ1) is 17.5. The molecule has 8 nitrogen and oxygen atoms in total. The van der Waals surface area contributed by atoms with E-state index in [1.54, 1.807) is 10.7 Å². The number of halogens is 3. The Morgan fingerprint density at radius 1 is 1.08 bits per heavy atom. The topological polar surface area (TPSA) is 89.7 Å². The predicted octanol–water partition coefficient (Wildman–Crippen LogP) is 4.79. The van der Waals surface area contributed by atoms with Crippen LogP contribution in [0.3, 0.4) is 0 Å². The zero-order valence-corrected chi connectivity index (χ0v) is 21.0. The summed E-state index contributed by atoms with van der Waals surface area (Å²) in [5.41, 5.74) is 1.26. The number of benzene rings is 1. The van der Waals surface area contributed by atoms with Crippen LogP contribution in [0.1, 0.15) is 50.6 Å². The van der Waals surface area contributed by atoms with E-state index in [2.05, 4.69) is 31.7 Å². The number of anilines is 2. The molecule has 3 aromatic heterocycles. The summed E-state index contributed by atoms with van der Waals surface area (Å²) in [4.78, 5) is 26.2. The number of nitrogens with zero attached hydrogens (tertiary/aromatic N) is 5. The SMILES string of the molecule is CC(C)n1c(=O)c2cnc(Nc3ccc4c(c3)CNCC4)nc2n1-c1ccnc(C(C)(C)C(F)(F)F)c1. The molecule has 0 fully saturated rings. The van der Waals surface area contributed by atoms with E-state index < -0.39 is 11.6 Å². The van der Waals surface area contributed by atoms with E-state index >= 15 is 0 Å². The first kappa shape index (κ1) is 24.9. The highest BCUT2D eigenvalue weighted by Crippen LogP contribution is 2.40. The smallest absolute Gasteiger partial charge is 0.324 e. The van der Waals surface area contributed by atoms with Crippen molar-refractivity contribution in [2.75, 3.05) is 11.9 Å². The lowest BCUT2D eigenvalue weighted by Gasteiger charge is -2.27. The van der Waals surface area contributed by atoms with E-state index in [1.165, 1.54) is 34.3 Å². The van der Waals surface area contributed by atoms with Crippen molar-refractivity contribution in [3.05, 3.63) is 69.9 Å². The second-order valence-electron chi connectivity index (χ2n) is 10.0. The van der Waals surface area contributed by atoms with Gasteiger partial charge >= 0.3 is 6.18 Å². The maximum Gasteiger partial charge on any atom is 0.399 e. The Balaban J connectivity index is 1.63. The molecule has 4 heterocycles. The molecule has 1 aliphatic heterocycles. The lowest BCUT2D eigenvalue weighted by Crippen LogP contribution is -2.37. The Morgan fingerprint density at radius 3 is 2.59 bits per heavy atom. The largest absolute Gasteiger partial charge is 0.399 e. The van der Waals surface area contributed by atoms with Gasteiger partial charge in [-0.2, -0.15) is 18.2 Å². The van der Waals surface area contributed by atoms with E-state index in [0.717, 1.165) is 39.0 Å². The molecule has 0 unspecified atom stereocenters. The lowest BCUT2D eigenvalue weighted by atomic mass is 9.88. The summed E-state index contributed by atoms with van der Waals surface area (Å²) in [7, 11) is 0. The lowest BCUT2D eigenvalue weighted by molar-refractivity contribution is -0.181. The molecule has 0 saturated carbocycles. The van der Waals surface area contributed by atoms with Crippen molar-refractivity contribution >= 4 is 22.7 Å². The van der Waals surface area contributed by atoms with Crippen molar-refractivity contribution in [3.63, 3.8) is 0 Å². The molecule has 1 aromatic carbocycles. The van der Waals surface area contributed by atoms with Crippen molar-refractivity contribution in [2.45, 2.75) is 58.3 Å². The van der Waals surface area contributed by atoms with E-state index in [1.807, 2.05) is 26.0 Å². The predicted molar refractivity (Wildman–Crippen MR) is 136 cm³/mol. The molecule has 0 spiro atoms. The summed E-state index contributed by atoms with van der Waals surface area (Å²) in [5, 5.41) is 6.82. The van der Waals surface area contributed by atoms with E-state index in [4.69, 9.17) is 0 Å². The third-order valence-electron chi connectivity index (χ3n) is 6.80. The van der Waals surface area contributed by atoms with Crippen LogP contribution in [0.2, 0.25) is 0 Å². The highest BCUT2D eigenvalue weighted by Gasteiger charge is 2.49. The number of aromatic nitrogens is 5. The van der Waals surface area contributed by atoms with Gasteiger partial charge in [-0.3, -0.25) is 9.78 Å². The molecule has 0 bridgehead atoms. The fraction of sp³-hybridized carbons (Fsp3) is 0.385. The van der Waals surface area contributed by atoms with E-state index in [0.29, 0.717) is 5.69 Å². The van der Waals surface area contributed by atoms with Gasteiger partial charge < -0.3 is 10.6 Å². The molecule has 11 heteroatoms. The Labute approximate surface area is 211 Å². The average molecular weight is 512 g/mol. The zero-order chi connectivity index (χ0) is 26.5. The van der Waals surface area contributed by atoms with Crippen LogP contribution in [0.4, 0.5) is 24.8 Å².